The number of aromatic nitrogens is 4. The molecule has 1 aliphatic rings. The van der Waals surface area contributed by atoms with Crippen LogP contribution < -0.4 is 4.90 Å². The van der Waals surface area contributed by atoms with E-state index in [1.54, 1.807) is 12.4 Å². The Labute approximate surface area is 192 Å². The zero-order chi connectivity index (χ0) is 23.9. The van der Waals surface area contributed by atoms with E-state index in [2.05, 4.69) is 19.9 Å². The minimum absolute atomic E-state index is 0.0614. The molecule has 0 saturated carbocycles. The average Bonchev–Trinajstić information content (AvgIpc) is 3.45. The molecule has 4 aromatic rings. The number of hydrogen-bond acceptors (Lipinski definition) is 5. The third kappa shape index (κ3) is 4.30. The maximum atomic E-state index is 13.0. The summed E-state index contributed by atoms with van der Waals surface area (Å²) in [5.74, 6) is 0.162. The molecule has 2 aromatic carbocycles. The number of halogens is 3. The molecule has 0 amide bonds. The molecule has 5 rings (SSSR count). The number of rotatable bonds is 5. The molecule has 0 aliphatic carbocycles. The molecule has 1 saturated heterocycles. The Morgan fingerprint density at radius 2 is 1.76 bits per heavy atom. The van der Waals surface area contributed by atoms with Crippen LogP contribution in [0.3, 0.4) is 0 Å². The normalized spacial score (nSPS) is 16.3. The first-order valence-electron chi connectivity index (χ1n) is 10.8. The molecular weight excluding hydrogens is 447 g/mol. The van der Waals surface area contributed by atoms with Gasteiger partial charge in [0.25, 0.3) is 0 Å². The lowest BCUT2D eigenvalue weighted by Crippen LogP contribution is -2.32. The second kappa shape index (κ2) is 8.44. The Kier molecular flexibility index (Phi) is 5.43. The number of fused-ring (bicyclic) bond motifs is 1. The Morgan fingerprint density at radius 1 is 1.06 bits per heavy atom. The number of aliphatic carboxylic acids is 1. The molecule has 0 bridgehead atoms. The number of aromatic amines is 1. The number of carboxylic acid groups (broad SMARTS) is 1. The Morgan fingerprint density at radius 3 is 2.44 bits per heavy atom. The second-order valence-corrected chi connectivity index (χ2v) is 8.25. The summed E-state index contributed by atoms with van der Waals surface area (Å²) in [6.45, 7) is 0.730. The average molecular weight is 467 g/mol. The lowest BCUT2D eigenvalue weighted by molar-refractivity contribution is -0.138. The molecule has 2 aromatic heterocycles. The van der Waals surface area contributed by atoms with Gasteiger partial charge in [0.1, 0.15) is 5.82 Å². The van der Waals surface area contributed by atoms with Gasteiger partial charge in [-0.15, -0.1) is 0 Å². The van der Waals surface area contributed by atoms with Gasteiger partial charge in [-0.2, -0.15) is 13.2 Å². The van der Waals surface area contributed by atoms with Crippen LogP contribution in [0.25, 0.3) is 33.5 Å². The van der Waals surface area contributed by atoms with Crippen LogP contribution in [0.4, 0.5) is 19.1 Å². The summed E-state index contributed by atoms with van der Waals surface area (Å²) in [6.07, 6.45) is 0.763. The molecule has 3 heterocycles. The van der Waals surface area contributed by atoms with Gasteiger partial charge >= 0.3 is 12.1 Å². The summed E-state index contributed by atoms with van der Waals surface area (Å²) >= 11 is 0. The first-order chi connectivity index (χ1) is 16.3. The minimum atomic E-state index is -4.41. The van der Waals surface area contributed by atoms with Crippen molar-refractivity contribution in [3.8, 4) is 22.5 Å². The molecule has 7 nitrogen and oxygen atoms in total. The third-order valence-corrected chi connectivity index (χ3v) is 5.98. The van der Waals surface area contributed by atoms with E-state index in [-0.39, 0.29) is 12.5 Å². The number of anilines is 1. The fraction of sp³-hybridized carbons (Fsp3) is 0.250. The standard InChI is InChI=1S/C24H20F3N5O2/c25-24(26,27)17-7-8-19-20(10-17)31-22(30-19)15-5-3-14(4-6-15)16-12-28-23(29-13-16)32-9-1-2-18(32)11-21(33)34/h3-8,10,12-13,18H,1-2,9,11H2,(H,30,31)(H,33,34). The summed E-state index contributed by atoms with van der Waals surface area (Å²) < 4.78 is 38.9. The first kappa shape index (κ1) is 21.9. The van der Waals surface area contributed by atoms with Crippen molar-refractivity contribution in [3.05, 3.63) is 60.4 Å². The zero-order valence-corrected chi connectivity index (χ0v) is 17.9. The van der Waals surface area contributed by atoms with Crippen molar-refractivity contribution >= 4 is 23.0 Å². The predicted octanol–water partition coefficient (Wildman–Crippen LogP) is 5.15. The van der Waals surface area contributed by atoms with Crippen LogP contribution in [0, 0.1) is 0 Å². The highest BCUT2D eigenvalue weighted by atomic mass is 19.4. The van der Waals surface area contributed by atoms with E-state index >= 15 is 0 Å². The summed E-state index contributed by atoms with van der Waals surface area (Å²) in [6, 6.07) is 10.7. The van der Waals surface area contributed by atoms with E-state index in [4.69, 9.17) is 5.11 Å². The van der Waals surface area contributed by atoms with Crippen molar-refractivity contribution in [1.29, 1.82) is 0 Å². The molecule has 1 aliphatic heterocycles. The zero-order valence-electron chi connectivity index (χ0n) is 17.9. The SMILES string of the molecule is O=C(O)CC1CCCN1c1ncc(-c2ccc(-c3nc4ccc(C(F)(F)F)cc4[nH]3)cc2)cn1. The molecule has 1 unspecified atom stereocenters. The second-order valence-electron chi connectivity index (χ2n) is 8.25. The lowest BCUT2D eigenvalue weighted by Gasteiger charge is -2.23. The van der Waals surface area contributed by atoms with Crippen LogP contribution in [-0.2, 0) is 11.0 Å². The summed E-state index contributed by atoms with van der Waals surface area (Å²) in [7, 11) is 0. The monoisotopic (exact) mass is 467 g/mol. The highest BCUT2D eigenvalue weighted by Crippen LogP contribution is 2.32. The maximum Gasteiger partial charge on any atom is 0.416 e. The number of alkyl halides is 3. The van der Waals surface area contributed by atoms with Crippen LogP contribution in [-0.4, -0.2) is 43.6 Å². The Bertz CT molecular complexity index is 1330. The van der Waals surface area contributed by atoms with Gasteiger partial charge in [0, 0.05) is 36.1 Å². The highest BCUT2D eigenvalue weighted by molar-refractivity contribution is 5.80. The Hall–Kier alpha value is -3.95. The lowest BCUT2D eigenvalue weighted by atomic mass is 10.1. The van der Waals surface area contributed by atoms with Gasteiger partial charge in [-0.3, -0.25) is 4.79 Å². The van der Waals surface area contributed by atoms with Crippen molar-refractivity contribution < 1.29 is 23.1 Å². The number of nitrogens with one attached hydrogen (secondary N) is 1. The largest absolute Gasteiger partial charge is 0.481 e. The van der Waals surface area contributed by atoms with Crippen molar-refractivity contribution in [1.82, 2.24) is 19.9 Å². The molecule has 0 radical (unpaired) electrons. The van der Waals surface area contributed by atoms with E-state index < -0.39 is 17.7 Å². The van der Waals surface area contributed by atoms with Gasteiger partial charge < -0.3 is 15.0 Å². The molecule has 174 valence electrons. The van der Waals surface area contributed by atoms with Gasteiger partial charge in [-0.1, -0.05) is 24.3 Å². The van der Waals surface area contributed by atoms with Crippen molar-refractivity contribution in [2.45, 2.75) is 31.5 Å². The molecule has 1 atom stereocenters. The van der Waals surface area contributed by atoms with Crippen LogP contribution in [0.1, 0.15) is 24.8 Å². The number of carbonyl (C=O) groups is 1. The number of carboxylic acids is 1. The van der Waals surface area contributed by atoms with Crippen molar-refractivity contribution in [3.63, 3.8) is 0 Å². The van der Waals surface area contributed by atoms with Gasteiger partial charge in [0.15, 0.2) is 0 Å². The molecule has 1 fully saturated rings. The quantitative estimate of drug-likeness (QED) is 0.422. The highest BCUT2D eigenvalue weighted by Gasteiger charge is 2.31. The smallest absolute Gasteiger partial charge is 0.416 e. The molecule has 0 spiro atoms. The van der Waals surface area contributed by atoms with E-state index in [1.807, 2.05) is 29.2 Å². The topological polar surface area (TPSA) is 95.0 Å². The van der Waals surface area contributed by atoms with Crippen molar-refractivity contribution in [2.75, 3.05) is 11.4 Å². The van der Waals surface area contributed by atoms with Crippen molar-refractivity contribution in [2.24, 2.45) is 0 Å². The number of hydrogen-bond donors (Lipinski definition) is 2. The number of benzene rings is 2. The number of nitrogens with zero attached hydrogens (tertiary/aromatic N) is 4. The van der Waals surface area contributed by atoms with E-state index in [9.17, 15) is 18.0 Å². The van der Waals surface area contributed by atoms with Crippen LogP contribution in [0.5, 0.6) is 0 Å². The van der Waals surface area contributed by atoms with Gasteiger partial charge in [0.2, 0.25) is 5.95 Å². The van der Waals surface area contributed by atoms with E-state index in [0.717, 1.165) is 48.2 Å². The number of imidazole rings is 1. The fourth-order valence-electron chi connectivity index (χ4n) is 4.27. The Balaban J connectivity index is 1.35. The molecule has 34 heavy (non-hydrogen) atoms. The van der Waals surface area contributed by atoms with Crippen LogP contribution in [0.15, 0.2) is 54.9 Å². The molecule has 2 N–H and O–H groups in total. The summed E-state index contributed by atoms with van der Waals surface area (Å²) in [5.41, 5.74) is 2.45. The van der Waals surface area contributed by atoms with Gasteiger partial charge in [0.05, 0.1) is 23.0 Å². The van der Waals surface area contributed by atoms with E-state index in [1.165, 1.54) is 6.07 Å². The third-order valence-electron chi connectivity index (χ3n) is 5.98. The van der Waals surface area contributed by atoms with E-state index in [0.29, 0.717) is 22.8 Å². The minimum Gasteiger partial charge on any atom is -0.481 e. The fourth-order valence-corrected chi connectivity index (χ4v) is 4.27. The maximum absolute atomic E-state index is 13.0. The molecular formula is C24H20F3N5O2. The predicted molar refractivity (Wildman–Crippen MR) is 120 cm³/mol. The molecule has 10 heteroatoms. The van der Waals surface area contributed by atoms with Gasteiger partial charge in [-0.25, -0.2) is 15.0 Å². The van der Waals surface area contributed by atoms with Gasteiger partial charge in [-0.05, 0) is 36.6 Å². The summed E-state index contributed by atoms with van der Waals surface area (Å²) in [4.78, 5) is 29.3. The van der Waals surface area contributed by atoms with Crippen LogP contribution >= 0.6 is 0 Å². The number of H-pyrrole nitrogens is 1. The first-order valence-corrected chi connectivity index (χ1v) is 10.8. The van der Waals surface area contributed by atoms with Crippen LogP contribution in [0.2, 0.25) is 0 Å². The summed E-state index contributed by atoms with van der Waals surface area (Å²) in [5, 5.41) is 9.10.